The van der Waals surface area contributed by atoms with Crippen molar-refractivity contribution in [3.8, 4) is 17.1 Å². The highest BCUT2D eigenvalue weighted by atomic mass is 19.3. The Labute approximate surface area is 167 Å². The van der Waals surface area contributed by atoms with Crippen molar-refractivity contribution in [2.24, 2.45) is 0 Å². The van der Waals surface area contributed by atoms with E-state index in [4.69, 9.17) is 4.42 Å². The highest BCUT2D eigenvalue weighted by molar-refractivity contribution is 5.76. The molecule has 0 radical (unpaired) electrons. The zero-order chi connectivity index (χ0) is 20.8. The van der Waals surface area contributed by atoms with Crippen LogP contribution in [-0.2, 0) is 11.2 Å². The number of carbonyl (C=O) groups excluding carboxylic acids is 1. The summed E-state index contributed by atoms with van der Waals surface area (Å²) in [5.41, 5.74) is 2.76. The number of amides is 1. The number of nitrogens with one attached hydrogen (secondary N) is 1. The van der Waals surface area contributed by atoms with Gasteiger partial charge in [0.1, 0.15) is 5.75 Å². The maximum Gasteiger partial charge on any atom is 0.387 e. The van der Waals surface area contributed by atoms with Gasteiger partial charge in [-0.1, -0.05) is 42.0 Å². The first-order valence-corrected chi connectivity index (χ1v) is 9.26. The second-order valence-electron chi connectivity index (χ2n) is 6.72. The molecule has 1 atom stereocenters. The third-order valence-corrected chi connectivity index (χ3v) is 4.42. The first-order chi connectivity index (χ1) is 13.9. The molecule has 3 aromatic rings. The third kappa shape index (κ3) is 5.88. The van der Waals surface area contributed by atoms with E-state index < -0.39 is 6.61 Å². The summed E-state index contributed by atoms with van der Waals surface area (Å²) in [5.74, 6) is 1.01. The predicted octanol–water partition coefficient (Wildman–Crippen LogP) is 5.06. The lowest BCUT2D eigenvalue weighted by Gasteiger charge is -2.15. The lowest BCUT2D eigenvalue weighted by Crippen LogP contribution is -2.26. The molecule has 1 heterocycles. The smallest absolute Gasteiger partial charge is 0.387 e. The van der Waals surface area contributed by atoms with Gasteiger partial charge in [0.2, 0.25) is 5.91 Å². The quantitative estimate of drug-likeness (QED) is 0.574. The maximum absolute atomic E-state index is 12.3. The molecule has 5 nitrogen and oxygen atoms in total. The average molecular weight is 400 g/mol. The van der Waals surface area contributed by atoms with E-state index in [0.717, 1.165) is 11.1 Å². The number of nitrogens with zero attached hydrogens (tertiary/aromatic N) is 1. The number of halogens is 2. The number of carbonyl (C=O) groups is 1. The van der Waals surface area contributed by atoms with Crippen molar-refractivity contribution in [2.45, 2.75) is 39.3 Å². The molecule has 0 aliphatic carbocycles. The van der Waals surface area contributed by atoms with E-state index in [9.17, 15) is 13.6 Å². The van der Waals surface area contributed by atoms with E-state index in [2.05, 4.69) is 15.0 Å². The van der Waals surface area contributed by atoms with Gasteiger partial charge in [-0.05, 0) is 31.5 Å². The van der Waals surface area contributed by atoms with Crippen LogP contribution in [0.4, 0.5) is 8.78 Å². The first kappa shape index (κ1) is 20.5. The lowest BCUT2D eigenvalue weighted by atomic mass is 10.1. The predicted molar refractivity (Wildman–Crippen MR) is 105 cm³/mol. The number of alkyl halides is 2. The summed E-state index contributed by atoms with van der Waals surface area (Å²) in [5, 5.41) is 2.84. The summed E-state index contributed by atoms with van der Waals surface area (Å²) in [6.07, 6.45) is 2.21. The number of hydrogen-bond donors (Lipinski definition) is 1. The van der Waals surface area contributed by atoms with E-state index in [1.165, 1.54) is 12.1 Å². The Kier molecular flexibility index (Phi) is 6.59. The standard InChI is InChI=1S/C22H22F2N2O3/c1-14-6-8-16(9-7-14)19-13-25-21(29-19)11-10-20(27)26-15(2)17-4-3-5-18(12-17)28-22(23)24/h3-9,12-13,15,22H,10-11H2,1-2H3,(H,26,27). The van der Waals surface area contributed by atoms with Gasteiger partial charge in [-0.15, -0.1) is 0 Å². The van der Waals surface area contributed by atoms with Crippen LogP contribution in [0.15, 0.2) is 59.1 Å². The second kappa shape index (κ2) is 9.32. The molecule has 1 amide bonds. The van der Waals surface area contributed by atoms with Crippen molar-refractivity contribution in [2.75, 3.05) is 0 Å². The monoisotopic (exact) mass is 400 g/mol. The van der Waals surface area contributed by atoms with Gasteiger partial charge in [0, 0.05) is 18.4 Å². The summed E-state index contributed by atoms with van der Waals surface area (Å²) < 4.78 is 34.8. The van der Waals surface area contributed by atoms with Gasteiger partial charge in [-0.2, -0.15) is 8.78 Å². The summed E-state index contributed by atoms with van der Waals surface area (Å²) in [6.45, 7) is 0.901. The largest absolute Gasteiger partial charge is 0.441 e. The molecule has 0 aliphatic heterocycles. The molecule has 0 saturated heterocycles. The molecule has 0 aliphatic rings. The second-order valence-corrected chi connectivity index (χ2v) is 6.72. The molecule has 0 bridgehead atoms. The molecule has 1 N–H and O–H groups in total. The fourth-order valence-electron chi connectivity index (χ4n) is 2.85. The topological polar surface area (TPSA) is 64.4 Å². The molecule has 152 valence electrons. The van der Waals surface area contributed by atoms with Crippen LogP contribution in [0.3, 0.4) is 0 Å². The van der Waals surface area contributed by atoms with Gasteiger partial charge < -0.3 is 14.5 Å². The van der Waals surface area contributed by atoms with Crippen LogP contribution in [-0.4, -0.2) is 17.5 Å². The van der Waals surface area contributed by atoms with Crippen molar-refractivity contribution in [1.82, 2.24) is 10.3 Å². The van der Waals surface area contributed by atoms with Crippen molar-refractivity contribution in [3.63, 3.8) is 0 Å². The first-order valence-electron chi connectivity index (χ1n) is 9.26. The van der Waals surface area contributed by atoms with E-state index in [1.54, 1.807) is 25.3 Å². The minimum Gasteiger partial charge on any atom is -0.441 e. The number of aromatic nitrogens is 1. The summed E-state index contributed by atoms with van der Waals surface area (Å²) >= 11 is 0. The highest BCUT2D eigenvalue weighted by Crippen LogP contribution is 2.22. The SMILES string of the molecule is Cc1ccc(-c2cnc(CCC(=O)NC(C)c3cccc(OC(F)F)c3)o2)cc1. The van der Waals surface area contributed by atoms with Crippen LogP contribution in [0, 0.1) is 6.92 Å². The van der Waals surface area contributed by atoms with Crippen molar-refractivity contribution in [1.29, 1.82) is 0 Å². The molecule has 2 aromatic carbocycles. The van der Waals surface area contributed by atoms with Gasteiger partial charge in [0.25, 0.3) is 0 Å². The Bertz CT molecular complexity index is 955. The van der Waals surface area contributed by atoms with Gasteiger partial charge in [-0.25, -0.2) is 4.98 Å². The number of rotatable bonds is 8. The molecule has 1 unspecified atom stereocenters. The molecular formula is C22H22F2N2O3. The number of ether oxygens (including phenoxy) is 1. The summed E-state index contributed by atoms with van der Waals surface area (Å²) in [6, 6.07) is 13.8. The van der Waals surface area contributed by atoms with Crippen LogP contribution < -0.4 is 10.1 Å². The maximum atomic E-state index is 12.3. The Morgan fingerprint density at radius 3 is 2.69 bits per heavy atom. The van der Waals surface area contributed by atoms with Crippen LogP contribution in [0.25, 0.3) is 11.3 Å². The average Bonchev–Trinajstić information content (AvgIpc) is 3.15. The Morgan fingerprint density at radius 2 is 1.97 bits per heavy atom. The fraction of sp³-hybridized carbons (Fsp3) is 0.273. The molecule has 0 fully saturated rings. The Morgan fingerprint density at radius 1 is 1.21 bits per heavy atom. The highest BCUT2D eigenvalue weighted by Gasteiger charge is 2.13. The van der Waals surface area contributed by atoms with Crippen molar-refractivity contribution < 1.29 is 22.7 Å². The molecule has 29 heavy (non-hydrogen) atoms. The van der Waals surface area contributed by atoms with Crippen molar-refractivity contribution in [3.05, 3.63) is 71.7 Å². The number of benzene rings is 2. The minimum atomic E-state index is -2.89. The van der Waals surface area contributed by atoms with Gasteiger partial charge in [0.05, 0.1) is 12.2 Å². The number of oxazole rings is 1. The van der Waals surface area contributed by atoms with Gasteiger partial charge >= 0.3 is 6.61 Å². The van der Waals surface area contributed by atoms with Crippen LogP contribution in [0.5, 0.6) is 5.75 Å². The van der Waals surface area contributed by atoms with E-state index >= 15 is 0 Å². The normalized spacial score (nSPS) is 12.0. The summed E-state index contributed by atoms with van der Waals surface area (Å²) in [4.78, 5) is 16.5. The molecule has 0 spiro atoms. The lowest BCUT2D eigenvalue weighted by molar-refractivity contribution is -0.121. The summed E-state index contributed by atoms with van der Waals surface area (Å²) in [7, 11) is 0. The van der Waals surface area contributed by atoms with E-state index in [1.807, 2.05) is 31.2 Å². The number of aryl methyl sites for hydroxylation is 2. The fourth-order valence-corrected chi connectivity index (χ4v) is 2.85. The zero-order valence-electron chi connectivity index (χ0n) is 16.2. The van der Waals surface area contributed by atoms with Gasteiger partial charge in [0.15, 0.2) is 11.7 Å². The van der Waals surface area contributed by atoms with E-state index in [0.29, 0.717) is 23.6 Å². The van der Waals surface area contributed by atoms with Crippen LogP contribution in [0.2, 0.25) is 0 Å². The third-order valence-electron chi connectivity index (χ3n) is 4.42. The molecule has 3 rings (SSSR count). The minimum absolute atomic E-state index is 0.0574. The molecule has 0 saturated carbocycles. The number of hydrogen-bond acceptors (Lipinski definition) is 4. The molecular weight excluding hydrogens is 378 g/mol. The Balaban J connectivity index is 1.53. The van der Waals surface area contributed by atoms with Crippen molar-refractivity contribution >= 4 is 5.91 Å². The van der Waals surface area contributed by atoms with Crippen LogP contribution >= 0.6 is 0 Å². The zero-order valence-corrected chi connectivity index (χ0v) is 16.2. The molecule has 1 aromatic heterocycles. The molecule has 7 heteroatoms. The van der Waals surface area contributed by atoms with Gasteiger partial charge in [-0.3, -0.25) is 4.79 Å². The Hall–Kier alpha value is -3.22. The van der Waals surface area contributed by atoms with E-state index in [-0.39, 0.29) is 24.1 Å². The van der Waals surface area contributed by atoms with Crippen LogP contribution in [0.1, 0.15) is 36.4 Å².